The number of para-hydroxylation sites is 1. The Balaban J connectivity index is 1.52. The molecule has 222 valence electrons. The summed E-state index contributed by atoms with van der Waals surface area (Å²) < 4.78 is 0. The Morgan fingerprint density at radius 3 is 2.49 bits per heavy atom. The molecule has 4 amide bonds. The number of nitrogens with zero attached hydrogens (tertiary/aromatic N) is 3. The Morgan fingerprint density at radius 2 is 1.81 bits per heavy atom. The molecule has 3 fully saturated rings. The van der Waals surface area contributed by atoms with Gasteiger partial charge < -0.3 is 5.11 Å². The van der Waals surface area contributed by atoms with Gasteiger partial charge in [-0.25, -0.2) is 4.90 Å². The molecule has 2 heterocycles. The summed E-state index contributed by atoms with van der Waals surface area (Å²) in [6.45, 7) is 3.73. The van der Waals surface area contributed by atoms with Crippen LogP contribution in [-0.4, -0.2) is 53.8 Å². The van der Waals surface area contributed by atoms with Crippen molar-refractivity contribution in [2.75, 3.05) is 10.4 Å². The van der Waals surface area contributed by atoms with E-state index in [-0.39, 0.29) is 41.0 Å². The number of halogens is 3. The third-order valence-electron chi connectivity index (χ3n) is 9.14. The predicted molar refractivity (Wildman–Crippen MR) is 161 cm³/mol. The van der Waals surface area contributed by atoms with Crippen LogP contribution in [0.3, 0.4) is 0 Å². The van der Waals surface area contributed by atoms with Crippen LogP contribution in [0.15, 0.2) is 66.8 Å². The smallest absolute Gasteiger partial charge is 0.271 e. The van der Waals surface area contributed by atoms with E-state index in [2.05, 4.69) is 22.5 Å². The quantitative estimate of drug-likeness (QED) is 0.113. The average Bonchev–Trinajstić information content (AvgIpc) is 3.32. The van der Waals surface area contributed by atoms with Crippen LogP contribution in [0.5, 0.6) is 5.75 Å². The van der Waals surface area contributed by atoms with Gasteiger partial charge >= 0.3 is 0 Å². The molecule has 2 aromatic rings. The molecule has 2 aliphatic heterocycles. The minimum Gasteiger partial charge on any atom is -0.507 e. The largest absolute Gasteiger partial charge is 0.507 e. The maximum absolute atomic E-state index is 14.1. The van der Waals surface area contributed by atoms with Gasteiger partial charge in [0, 0.05) is 23.6 Å². The summed E-state index contributed by atoms with van der Waals surface area (Å²) in [6.07, 6.45) is 3.57. The van der Waals surface area contributed by atoms with Crippen molar-refractivity contribution in [1.82, 2.24) is 4.90 Å². The summed E-state index contributed by atoms with van der Waals surface area (Å²) in [5, 5.41) is 22.8. The molecule has 1 N–H and O–H groups in total. The van der Waals surface area contributed by atoms with Crippen molar-refractivity contribution in [2.45, 2.75) is 34.9 Å². The van der Waals surface area contributed by atoms with Gasteiger partial charge in [-0.3, -0.25) is 34.2 Å². The molecule has 2 saturated heterocycles. The Morgan fingerprint density at radius 1 is 1.09 bits per heavy atom. The third kappa shape index (κ3) is 3.90. The lowest BCUT2D eigenvalue weighted by Gasteiger charge is -2.50. The number of rotatable bonds is 6. The minimum atomic E-state index is -2.05. The van der Waals surface area contributed by atoms with Crippen molar-refractivity contribution < 1.29 is 29.2 Å². The fraction of sp³-hybridized carbons (Fsp3) is 0.333. The van der Waals surface area contributed by atoms with Crippen molar-refractivity contribution in [3.05, 3.63) is 88.0 Å². The molecule has 0 spiro atoms. The summed E-state index contributed by atoms with van der Waals surface area (Å²) in [6, 6.07) is 10.3. The van der Waals surface area contributed by atoms with Gasteiger partial charge in [0.25, 0.3) is 17.5 Å². The Hall–Kier alpha value is -3.54. The number of nitro benzene ring substituents is 1. The van der Waals surface area contributed by atoms with Gasteiger partial charge in [-0.15, -0.1) is 29.8 Å². The van der Waals surface area contributed by atoms with Crippen LogP contribution in [0.2, 0.25) is 0 Å². The molecule has 2 aliphatic carbocycles. The van der Waals surface area contributed by atoms with E-state index in [1.54, 1.807) is 30.4 Å². The van der Waals surface area contributed by atoms with E-state index in [9.17, 15) is 34.4 Å². The number of carbonyl (C=O) groups is 4. The van der Waals surface area contributed by atoms with Crippen molar-refractivity contribution in [3.63, 3.8) is 0 Å². The second-order valence-electron chi connectivity index (χ2n) is 11.1. The second-order valence-corrected chi connectivity index (χ2v) is 12.9. The first-order valence-corrected chi connectivity index (χ1v) is 15.3. The lowest BCUT2D eigenvalue weighted by atomic mass is 9.56. The molecule has 6 rings (SSSR count). The summed E-state index contributed by atoms with van der Waals surface area (Å²) in [7, 11) is 0. The van der Waals surface area contributed by atoms with Crippen LogP contribution in [-0.2, 0) is 25.6 Å². The van der Waals surface area contributed by atoms with Gasteiger partial charge in [0.2, 0.25) is 11.8 Å². The van der Waals surface area contributed by atoms with Crippen LogP contribution >= 0.6 is 39.1 Å². The van der Waals surface area contributed by atoms with Gasteiger partial charge in [-0.05, 0) is 36.8 Å². The van der Waals surface area contributed by atoms with Crippen LogP contribution < -0.4 is 4.90 Å². The highest BCUT2D eigenvalue weighted by Crippen LogP contribution is 2.66. The number of phenols is 1. The first-order valence-electron chi connectivity index (χ1n) is 13.5. The summed E-state index contributed by atoms with van der Waals surface area (Å²) in [4.78, 5) is 64.0. The number of likely N-dealkylation sites (tertiary alicyclic amines) is 1. The maximum atomic E-state index is 14.1. The molecular weight excluding hydrogens is 665 g/mol. The molecule has 0 radical (unpaired) electrons. The number of amides is 4. The van der Waals surface area contributed by atoms with Gasteiger partial charge in [0.05, 0.1) is 27.9 Å². The van der Waals surface area contributed by atoms with E-state index >= 15 is 0 Å². The molecule has 6 atom stereocenters. The summed E-state index contributed by atoms with van der Waals surface area (Å²) in [5.41, 5.74) is 0.915. The molecule has 0 aromatic heterocycles. The zero-order valence-electron chi connectivity index (χ0n) is 22.4. The normalized spacial score (nSPS) is 31.5. The van der Waals surface area contributed by atoms with Gasteiger partial charge in [0.1, 0.15) is 5.75 Å². The number of alkyl halides is 3. The molecule has 10 nitrogen and oxygen atoms in total. The number of hydrogen-bond donors (Lipinski definition) is 1. The summed E-state index contributed by atoms with van der Waals surface area (Å²) in [5.74, 6) is -6.47. The number of carbonyl (C=O) groups excluding carboxylic acids is 4. The average molecular weight is 689 g/mol. The summed E-state index contributed by atoms with van der Waals surface area (Å²) >= 11 is 17.6. The van der Waals surface area contributed by atoms with Crippen molar-refractivity contribution in [1.29, 1.82) is 0 Å². The van der Waals surface area contributed by atoms with E-state index in [1.807, 2.05) is 0 Å². The zero-order chi connectivity index (χ0) is 31.0. The highest BCUT2D eigenvalue weighted by Gasteiger charge is 2.76. The lowest BCUT2D eigenvalue weighted by Crippen LogP contribution is -2.60. The van der Waals surface area contributed by atoms with Crippen molar-refractivity contribution >= 4 is 74.1 Å². The topological polar surface area (TPSA) is 138 Å². The number of imide groups is 2. The Labute approximate surface area is 264 Å². The van der Waals surface area contributed by atoms with Crippen LogP contribution in [0.1, 0.15) is 29.9 Å². The van der Waals surface area contributed by atoms with Crippen LogP contribution in [0, 0.1) is 27.9 Å². The van der Waals surface area contributed by atoms with E-state index in [0.29, 0.717) is 17.6 Å². The van der Waals surface area contributed by atoms with Gasteiger partial charge in [-0.1, -0.05) is 57.9 Å². The third-order valence-corrected chi connectivity index (χ3v) is 11.1. The fourth-order valence-electron chi connectivity index (χ4n) is 7.26. The van der Waals surface area contributed by atoms with Gasteiger partial charge in [-0.2, -0.15) is 0 Å². The number of non-ortho nitro benzene ring substituents is 1. The van der Waals surface area contributed by atoms with Crippen molar-refractivity contribution in [2.24, 2.45) is 17.8 Å². The van der Waals surface area contributed by atoms with Gasteiger partial charge in [0.15, 0.2) is 9.75 Å². The second kappa shape index (κ2) is 10.3. The molecule has 43 heavy (non-hydrogen) atoms. The highest BCUT2D eigenvalue weighted by atomic mass is 79.9. The maximum Gasteiger partial charge on any atom is 0.271 e. The number of benzene rings is 2. The Bertz CT molecular complexity index is 1680. The first-order chi connectivity index (χ1) is 20.4. The lowest BCUT2D eigenvalue weighted by molar-refractivity contribution is -0.384. The molecule has 6 unspecified atom stereocenters. The molecule has 1 saturated carbocycles. The van der Waals surface area contributed by atoms with E-state index in [0.717, 1.165) is 15.9 Å². The number of nitro groups is 1. The number of anilines is 1. The monoisotopic (exact) mass is 687 g/mol. The van der Waals surface area contributed by atoms with Crippen molar-refractivity contribution in [3.8, 4) is 5.75 Å². The molecular formula is C30H24BrCl2N3O7. The Kier molecular flexibility index (Phi) is 7.06. The SMILES string of the molecule is C=CCc1cccc(C2C3=CCC4C(=O)N(c5cccc([N+](=O)[O-])c5)C(=O)C4C3CC3(Cl)C(=O)N(CBr)C(=O)C23Cl)c1O. The number of fused-ring (bicyclic) bond motifs is 4. The van der Waals surface area contributed by atoms with E-state index in [1.165, 1.54) is 18.2 Å². The molecule has 0 bridgehead atoms. The first kappa shape index (κ1) is 29.5. The number of phenolic OH excluding ortho intramolecular Hbond substituents is 1. The zero-order valence-corrected chi connectivity index (χ0v) is 25.5. The van der Waals surface area contributed by atoms with Crippen LogP contribution in [0.4, 0.5) is 11.4 Å². The standard InChI is InChI=1S/C30H24BrCl2N3O7/c1-2-5-15-6-3-9-20(24(15)37)23-18-10-11-19-22(21(18)13-29(32)27(40)34(14-31)28(41)30(23,29)33)26(39)35(25(19)38)16-7-4-8-17(12-16)36(42)43/h2-4,6-10,12,19,21-23,37H,1,5,11,13-14H2. The minimum absolute atomic E-state index is 0.0622. The number of allylic oxidation sites excluding steroid dienone is 3. The van der Waals surface area contributed by atoms with E-state index < -0.39 is 62.0 Å². The molecule has 2 aromatic carbocycles. The van der Waals surface area contributed by atoms with Crippen LogP contribution in [0.25, 0.3) is 0 Å². The highest BCUT2D eigenvalue weighted by molar-refractivity contribution is 9.09. The molecule has 4 aliphatic rings. The number of aromatic hydroxyl groups is 1. The number of hydrogen-bond acceptors (Lipinski definition) is 7. The predicted octanol–water partition coefficient (Wildman–Crippen LogP) is 4.94. The van der Waals surface area contributed by atoms with E-state index in [4.69, 9.17) is 23.2 Å². The molecule has 13 heteroatoms. The fourth-order valence-corrected chi connectivity index (χ4v) is 8.68.